The summed E-state index contributed by atoms with van der Waals surface area (Å²) in [6.45, 7) is 3.34. The summed E-state index contributed by atoms with van der Waals surface area (Å²) < 4.78 is 6.32. The van der Waals surface area contributed by atoms with Gasteiger partial charge < -0.3 is 9.94 Å². The Labute approximate surface area is 144 Å². The zero-order valence-corrected chi connectivity index (χ0v) is 14.7. The highest BCUT2D eigenvalue weighted by molar-refractivity contribution is 5.96. The van der Waals surface area contributed by atoms with Gasteiger partial charge in [0.1, 0.15) is 0 Å². The Kier molecular flexibility index (Phi) is 3.29. The average Bonchev–Trinajstić information content (AvgIpc) is 3.21. The van der Waals surface area contributed by atoms with Gasteiger partial charge in [0.05, 0.1) is 17.9 Å². The van der Waals surface area contributed by atoms with Crippen molar-refractivity contribution in [1.29, 1.82) is 0 Å². The topological polar surface area (TPSA) is 41.8 Å². The monoisotopic (exact) mass is 327 g/mol. The number of rotatable bonds is 0. The average molecular weight is 327 g/mol. The van der Waals surface area contributed by atoms with E-state index in [0.29, 0.717) is 5.41 Å². The van der Waals surface area contributed by atoms with Crippen LogP contribution in [0.25, 0.3) is 0 Å². The molecule has 0 aromatic heterocycles. The predicted molar refractivity (Wildman–Crippen MR) is 94.1 cm³/mol. The van der Waals surface area contributed by atoms with Gasteiger partial charge in [-0.25, -0.2) is 0 Å². The molecule has 3 fully saturated rings. The second kappa shape index (κ2) is 5.20. The van der Waals surface area contributed by atoms with Gasteiger partial charge in [0, 0.05) is 5.41 Å². The molecular formula is C21H29NO2. The van der Waals surface area contributed by atoms with Crippen molar-refractivity contribution in [1.82, 2.24) is 0 Å². The van der Waals surface area contributed by atoms with E-state index in [-0.39, 0.29) is 5.60 Å². The van der Waals surface area contributed by atoms with E-state index < -0.39 is 0 Å². The number of oxime groups is 1. The van der Waals surface area contributed by atoms with Crippen molar-refractivity contribution in [3.05, 3.63) is 23.8 Å². The van der Waals surface area contributed by atoms with Gasteiger partial charge in [0.2, 0.25) is 0 Å². The standard InChI is InChI=1S/C21H29NO2/c1-20-10-7-17-16-6-4-15(22-23)13-14(16)3-5-18(17)19(20)8-11-21(20)9-2-12-24-21/h2,9,13,16-19,23H,3-8,10-12H2,1H3/t16-,17?,18?,19?,20-,21-/m0/s1. The van der Waals surface area contributed by atoms with Crippen molar-refractivity contribution in [2.75, 3.05) is 6.61 Å². The van der Waals surface area contributed by atoms with Gasteiger partial charge in [0.15, 0.2) is 0 Å². The first-order valence-corrected chi connectivity index (χ1v) is 9.90. The predicted octanol–water partition coefficient (Wildman–Crippen LogP) is 4.71. The third-order valence-corrected chi connectivity index (χ3v) is 8.45. The number of hydrogen-bond acceptors (Lipinski definition) is 3. The third kappa shape index (κ3) is 1.85. The fourth-order valence-electron chi connectivity index (χ4n) is 7.30. The van der Waals surface area contributed by atoms with Crippen LogP contribution in [0.5, 0.6) is 0 Å². The Morgan fingerprint density at radius 1 is 1.12 bits per heavy atom. The Balaban J connectivity index is 1.45. The molecule has 1 aliphatic heterocycles. The molecule has 4 aliphatic carbocycles. The Hall–Kier alpha value is -1.09. The summed E-state index contributed by atoms with van der Waals surface area (Å²) >= 11 is 0. The summed E-state index contributed by atoms with van der Waals surface area (Å²) in [7, 11) is 0. The van der Waals surface area contributed by atoms with E-state index in [4.69, 9.17) is 9.94 Å². The summed E-state index contributed by atoms with van der Waals surface area (Å²) in [5, 5.41) is 12.6. The molecule has 0 radical (unpaired) electrons. The van der Waals surface area contributed by atoms with Crippen molar-refractivity contribution >= 4 is 5.71 Å². The second-order valence-electron chi connectivity index (χ2n) is 9.03. The van der Waals surface area contributed by atoms with Crippen LogP contribution >= 0.6 is 0 Å². The summed E-state index contributed by atoms with van der Waals surface area (Å²) in [6, 6.07) is 0. The molecule has 1 N–H and O–H groups in total. The molecule has 0 saturated heterocycles. The maximum atomic E-state index is 9.11. The fraction of sp³-hybridized carbons (Fsp3) is 0.762. The fourth-order valence-corrected chi connectivity index (χ4v) is 7.30. The molecule has 3 heteroatoms. The van der Waals surface area contributed by atoms with Crippen LogP contribution in [0.3, 0.4) is 0 Å². The first kappa shape index (κ1) is 15.2. The van der Waals surface area contributed by atoms with Crippen molar-refractivity contribution in [3.63, 3.8) is 0 Å². The largest absolute Gasteiger partial charge is 0.411 e. The molecule has 0 aromatic rings. The summed E-state index contributed by atoms with van der Waals surface area (Å²) in [6.07, 6.45) is 16.8. The van der Waals surface area contributed by atoms with E-state index in [0.717, 1.165) is 42.4 Å². The summed E-state index contributed by atoms with van der Waals surface area (Å²) in [4.78, 5) is 0. The lowest BCUT2D eigenvalue weighted by atomic mass is 9.50. The first-order valence-electron chi connectivity index (χ1n) is 9.90. The molecule has 3 nitrogen and oxygen atoms in total. The van der Waals surface area contributed by atoms with E-state index in [2.05, 4.69) is 30.3 Å². The minimum atomic E-state index is 0.0437. The van der Waals surface area contributed by atoms with Crippen molar-refractivity contribution in [2.24, 2.45) is 34.2 Å². The molecule has 6 atom stereocenters. The number of allylic oxidation sites excluding steroid dienone is 2. The van der Waals surface area contributed by atoms with E-state index >= 15 is 0 Å². The molecule has 1 heterocycles. The molecule has 0 aromatic carbocycles. The Morgan fingerprint density at radius 2 is 2.04 bits per heavy atom. The van der Waals surface area contributed by atoms with E-state index in [1.165, 1.54) is 44.9 Å². The van der Waals surface area contributed by atoms with Crippen LogP contribution in [0.2, 0.25) is 0 Å². The third-order valence-electron chi connectivity index (χ3n) is 8.45. The van der Waals surface area contributed by atoms with Crippen LogP contribution in [0, 0.1) is 29.1 Å². The Morgan fingerprint density at radius 3 is 2.83 bits per heavy atom. The molecular weight excluding hydrogens is 298 g/mol. The molecule has 5 aliphatic rings. The van der Waals surface area contributed by atoms with E-state index in [1.807, 2.05) is 0 Å². The van der Waals surface area contributed by atoms with E-state index in [9.17, 15) is 0 Å². The van der Waals surface area contributed by atoms with Gasteiger partial charge >= 0.3 is 0 Å². The number of nitrogens with zero attached hydrogens (tertiary/aromatic N) is 1. The highest BCUT2D eigenvalue weighted by Crippen LogP contribution is 2.66. The molecule has 3 saturated carbocycles. The highest BCUT2D eigenvalue weighted by atomic mass is 16.5. The molecule has 130 valence electrons. The van der Waals surface area contributed by atoms with Crippen LogP contribution in [0.4, 0.5) is 0 Å². The summed E-state index contributed by atoms with van der Waals surface area (Å²) in [5.74, 6) is 3.29. The van der Waals surface area contributed by atoms with Crippen molar-refractivity contribution in [2.45, 2.75) is 63.9 Å². The first-order chi connectivity index (χ1) is 11.7. The number of ether oxygens (including phenoxy) is 1. The van der Waals surface area contributed by atoms with Crippen LogP contribution in [-0.4, -0.2) is 23.1 Å². The maximum absolute atomic E-state index is 9.11. The SMILES string of the molecule is C[C@]12CCC3C(CCC4=CC(=NO)CC[C@@H]43)C1CC[C@@]21C=CCO1. The number of hydrogen-bond donors (Lipinski definition) is 1. The van der Waals surface area contributed by atoms with Gasteiger partial charge in [-0.2, -0.15) is 0 Å². The molecule has 1 spiro atoms. The van der Waals surface area contributed by atoms with Crippen LogP contribution in [0.1, 0.15) is 58.3 Å². The van der Waals surface area contributed by atoms with E-state index in [1.54, 1.807) is 5.57 Å². The van der Waals surface area contributed by atoms with Gasteiger partial charge in [-0.1, -0.05) is 29.8 Å². The lowest BCUT2D eigenvalue weighted by molar-refractivity contribution is -0.110. The zero-order chi connectivity index (χ0) is 16.4. The van der Waals surface area contributed by atoms with Gasteiger partial charge in [0.25, 0.3) is 0 Å². The normalized spacial score (nSPS) is 51.4. The molecule has 24 heavy (non-hydrogen) atoms. The van der Waals surface area contributed by atoms with Crippen molar-refractivity contribution in [3.8, 4) is 0 Å². The minimum Gasteiger partial charge on any atom is -0.411 e. The van der Waals surface area contributed by atoms with Crippen LogP contribution in [-0.2, 0) is 4.74 Å². The lowest BCUT2D eigenvalue weighted by Gasteiger charge is -2.55. The quantitative estimate of drug-likeness (QED) is 0.397. The molecule has 3 unspecified atom stereocenters. The van der Waals surface area contributed by atoms with Gasteiger partial charge in [-0.05, 0) is 81.1 Å². The zero-order valence-electron chi connectivity index (χ0n) is 14.7. The van der Waals surface area contributed by atoms with Gasteiger partial charge in [-0.15, -0.1) is 0 Å². The summed E-state index contributed by atoms with van der Waals surface area (Å²) in [5.41, 5.74) is 2.85. The van der Waals surface area contributed by atoms with Crippen LogP contribution < -0.4 is 0 Å². The number of fused-ring (bicyclic) bond motifs is 6. The minimum absolute atomic E-state index is 0.0437. The lowest BCUT2D eigenvalue weighted by Crippen LogP contribution is -2.52. The molecule has 0 amide bonds. The smallest absolute Gasteiger partial charge is 0.0923 e. The van der Waals surface area contributed by atoms with Crippen LogP contribution in [0.15, 0.2) is 29.0 Å². The second-order valence-corrected chi connectivity index (χ2v) is 9.03. The Bertz CT molecular complexity index is 636. The molecule has 5 rings (SSSR count). The maximum Gasteiger partial charge on any atom is 0.0923 e. The highest BCUT2D eigenvalue weighted by Gasteiger charge is 2.63. The van der Waals surface area contributed by atoms with Gasteiger partial charge in [-0.3, -0.25) is 0 Å². The van der Waals surface area contributed by atoms with Crippen molar-refractivity contribution < 1.29 is 9.94 Å². The molecule has 0 bridgehead atoms.